The van der Waals surface area contributed by atoms with Crippen LogP contribution in [0.3, 0.4) is 0 Å². The average Bonchev–Trinajstić information content (AvgIpc) is 3.19. The van der Waals surface area contributed by atoms with Crippen LogP contribution < -0.4 is 5.32 Å². The number of hydrogen-bond acceptors (Lipinski definition) is 2. The molecule has 19 heavy (non-hydrogen) atoms. The first-order valence-electron chi connectivity index (χ1n) is 7.08. The highest BCUT2D eigenvalue weighted by Gasteiger charge is 2.25. The van der Waals surface area contributed by atoms with Crippen LogP contribution in [0.4, 0.5) is 0 Å². The Morgan fingerprint density at radius 1 is 1.32 bits per heavy atom. The fourth-order valence-electron chi connectivity index (χ4n) is 2.23. The lowest BCUT2D eigenvalue weighted by molar-refractivity contribution is -0.123. The summed E-state index contributed by atoms with van der Waals surface area (Å²) in [5.41, 5.74) is 1.12. The zero-order valence-corrected chi connectivity index (χ0v) is 13.2. The van der Waals surface area contributed by atoms with Gasteiger partial charge in [-0.2, -0.15) is 0 Å². The third-order valence-corrected chi connectivity index (χ3v) is 4.19. The molecule has 104 valence electrons. The maximum atomic E-state index is 12.4. The van der Waals surface area contributed by atoms with Gasteiger partial charge in [0.05, 0.1) is 5.92 Å². The van der Waals surface area contributed by atoms with E-state index in [0.29, 0.717) is 5.78 Å². The minimum absolute atomic E-state index is 0.0214. The van der Waals surface area contributed by atoms with E-state index in [1.165, 1.54) is 12.8 Å². The van der Waals surface area contributed by atoms with E-state index in [4.69, 9.17) is 0 Å². The highest BCUT2D eigenvalue weighted by atomic mass is 79.9. The lowest BCUT2D eigenvalue weighted by Crippen LogP contribution is -2.30. The summed E-state index contributed by atoms with van der Waals surface area (Å²) in [6.45, 7) is 5.78. The van der Waals surface area contributed by atoms with Gasteiger partial charge in [0.2, 0.25) is 0 Å². The number of Topliss-reactive ketones (excluding diaryl/α,β-unsaturated/α-hetero) is 1. The van der Waals surface area contributed by atoms with Crippen LogP contribution in [0.2, 0.25) is 0 Å². The Hall–Kier alpha value is -0.670. The Kier molecular flexibility index (Phi) is 5.17. The van der Waals surface area contributed by atoms with Crippen molar-refractivity contribution in [1.82, 2.24) is 5.32 Å². The largest absolute Gasteiger partial charge is 0.315 e. The van der Waals surface area contributed by atoms with Crippen LogP contribution in [-0.4, -0.2) is 18.9 Å². The molecule has 1 atom stereocenters. The Morgan fingerprint density at radius 3 is 2.47 bits per heavy atom. The lowest BCUT2D eigenvalue weighted by Gasteiger charge is -2.19. The van der Waals surface area contributed by atoms with Gasteiger partial charge in [-0.15, -0.1) is 0 Å². The molecule has 1 fully saturated rings. The molecular weight excluding hydrogens is 302 g/mol. The zero-order chi connectivity index (χ0) is 13.8. The lowest BCUT2D eigenvalue weighted by atomic mass is 9.89. The van der Waals surface area contributed by atoms with E-state index in [-0.39, 0.29) is 11.8 Å². The van der Waals surface area contributed by atoms with Crippen LogP contribution in [-0.2, 0) is 4.79 Å². The monoisotopic (exact) mass is 323 g/mol. The van der Waals surface area contributed by atoms with Gasteiger partial charge in [-0.05, 0) is 43.0 Å². The molecular formula is C16H22BrNO. The van der Waals surface area contributed by atoms with E-state index in [1.807, 2.05) is 38.1 Å². The van der Waals surface area contributed by atoms with Crippen LogP contribution in [0.5, 0.6) is 0 Å². The Balaban J connectivity index is 2.03. The number of ketones is 1. The number of carbonyl (C=O) groups is 1. The summed E-state index contributed by atoms with van der Waals surface area (Å²) in [5, 5.41) is 3.46. The van der Waals surface area contributed by atoms with Crippen molar-refractivity contribution < 1.29 is 4.79 Å². The first-order valence-corrected chi connectivity index (χ1v) is 7.87. The van der Waals surface area contributed by atoms with Crippen LogP contribution in [0.25, 0.3) is 0 Å². The minimum Gasteiger partial charge on any atom is -0.315 e. The summed E-state index contributed by atoms with van der Waals surface area (Å²) in [6.07, 6.45) is 2.68. The van der Waals surface area contributed by atoms with Crippen molar-refractivity contribution in [3.05, 3.63) is 34.3 Å². The number of nitrogens with one attached hydrogen (secondary N) is 1. The molecule has 2 rings (SSSR count). The van der Waals surface area contributed by atoms with E-state index >= 15 is 0 Å². The Morgan fingerprint density at radius 2 is 1.95 bits per heavy atom. The van der Waals surface area contributed by atoms with E-state index in [2.05, 4.69) is 21.2 Å². The third kappa shape index (κ3) is 4.43. The van der Waals surface area contributed by atoms with Crippen LogP contribution >= 0.6 is 15.9 Å². The van der Waals surface area contributed by atoms with E-state index in [1.54, 1.807) is 0 Å². The summed E-state index contributed by atoms with van der Waals surface area (Å²) in [4.78, 5) is 12.4. The van der Waals surface area contributed by atoms with Gasteiger partial charge in [-0.1, -0.05) is 41.9 Å². The fraction of sp³-hybridized carbons (Fsp3) is 0.562. The van der Waals surface area contributed by atoms with Crippen molar-refractivity contribution >= 4 is 21.7 Å². The quantitative estimate of drug-likeness (QED) is 0.827. The summed E-state index contributed by atoms with van der Waals surface area (Å²) in [7, 11) is 0. The highest BCUT2D eigenvalue weighted by molar-refractivity contribution is 9.10. The molecule has 0 amide bonds. The smallest absolute Gasteiger partial charge is 0.144 e. The van der Waals surface area contributed by atoms with Crippen LogP contribution in [0.15, 0.2) is 28.7 Å². The number of carbonyl (C=O) groups excluding carboxylic acids is 1. The van der Waals surface area contributed by atoms with Crippen molar-refractivity contribution in [3.8, 4) is 0 Å². The second kappa shape index (κ2) is 6.67. The topological polar surface area (TPSA) is 29.1 Å². The number of hydrogen-bond donors (Lipinski definition) is 1. The zero-order valence-electron chi connectivity index (χ0n) is 11.7. The van der Waals surface area contributed by atoms with Gasteiger partial charge in [-0.25, -0.2) is 0 Å². The molecule has 0 spiro atoms. The van der Waals surface area contributed by atoms with E-state index in [0.717, 1.165) is 29.0 Å². The highest BCUT2D eigenvalue weighted by Crippen LogP contribution is 2.28. The van der Waals surface area contributed by atoms with Gasteiger partial charge < -0.3 is 5.32 Å². The first kappa shape index (κ1) is 14.7. The SMILES string of the molecule is CC(C)C(=O)[C@H](CNCC1CC1)c1ccc(Br)cc1. The molecule has 1 aliphatic rings. The fourth-order valence-corrected chi connectivity index (χ4v) is 2.50. The van der Waals surface area contributed by atoms with Crippen LogP contribution in [0.1, 0.15) is 38.2 Å². The molecule has 1 N–H and O–H groups in total. The molecule has 0 saturated heterocycles. The molecule has 0 aliphatic heterocycles. The summed E-state index contributed by atoms with van der Waals surface area (Å²) < 4.78 is 1.05. The van der Waals surface area contributed by atoms with E-state index in [9.17, 15) is 4.79 Å². The molecule has 1 saturated carbocycles. The molecule has 0 heterocycles. The summed E-state index contributed by atoms with van der Waals surface area (Å²) >= 11 is 3.44. The molecule has 0 radical (unpaired) electrons. The van der Waals surface area contributed by atoms with Gasteiger partial charge in [0, 0.05) is 16.9 Å². The molecule has 1 aromatic carbocycles. The Labute approximate surface area is 124 Å². The maximum Gasteiger partial charge on any atom is 0.144 e. The molecule has 1 aliphatic carbocycles. The van der Waals surface area contributed by atoms with Crippen LogP contribution in [0, 0.1) is 11.8 Å². The van der Waals surface area contributed by atoms with Gasteiger partial charge in [0.15, 0.2) is 0 Å². The Bertz CT molecular complexity index is 423. The normalized spacial score (nSPS) is 16.6. The van der Waals surface area contributed by atoms with Crippen molar-refractivity contribution in [1.29, 1.82) is 0 Å². The minimum atomic E-state index is -0.0214. The molecule has 0 unspecified atom stereocenters. The van der Waals surface area contributed by atoms with E-state index < -0.39 is 0 Å². The van der Waals surface area contributed by atoms with Crippen molar-refractivity contribution in [2.75, 3.05) is 13.1 Å². The summed E-state index contributed by atoms with van der Waals surface area (Å²) in [5.74, 6) is 1.23. The molecule has 0 aromatic heterocycles. The van der Waals surface area contributed by atoms with Gasteiger partial charge in [-0.3, -0.25) is 4.79 Å². The number of rotatable bonds is 7. The average molecular weight is 324 g/mol. The van der Waals surface area contributed by atoms with Crippen molar-refractivity contribution in [2.24, 2.45) is 11.8 Å². The first-order chi connectivity index (χ1) is 9.08. The molecule has 2 nitrogen and oxygen atoms in total. The van der Waals surface area contributed by atoms with Gasteiger partial charge in [0.1, 0.15) is 5.78 Å². The standard InChI is InChI=1S/C16H22BrNO/c1-11(2)16(19)15(10-18-9-12-3-4-12)13-5-7-14(17)8-6-13/h5-8,11-12,15,18H,3-4,9-10H2,1-2H3/t15-/m1/s1. The maximum absolute atomic E-state index is 12.4. The predicted molar refractivity (Wildman–Crippen MR) is 82.3 cm³/mol. The number of benzene rings is 1. The molecule has 0 bridgehead atoms. The van der Waals surface area contributed by atoms with Gasteiger partial charge >= 0.3 is 0 Å². The second-order valence-electron chi connectivity index (χ2n) is 5.76. The number of halogens is 1. The van der Waals surface area contributed by atoms with Crippen molar-refractivity contribution in [2.45, 2.75) is 32.6 Å². The van der Waals surface area contributed by atoms with Crippen molar-refractivity contribution in [3.63, 3.8) is 0 Å². The van der Waals surface area contributed by atoms with Gasteiger partial charge in [0.25, 0.3) is 0 Å². The molecule has 3 heteroatoms. The third-order valence-electron chi connectivity index (χ3n) is 3.66. The predicted octanol–water partition coefficient (Wildman–Crippen LogP) is 3.76. The molecule has 1 aromatic rings. The summed E-state index contributed by atoms with van der Waals surface area (Å²) in [6, 6.07) is 8.12. The second-order valence-corrected chi connectivity index (χ2v) is 6.68.